The predicted octanol–water partition coefficient (Wildman–Crippen LogP) is 3.15. The van der Waals surface area contributed by atoms with Gasteiger partial charge in [0.15, 0.2) is 0 Å². The van der Waals surface area contributed by atoms with Crippen LogP contribution in [0.1, 0.15) is 47.1 Å². The highest BCUT2D eigenvalue weighted by Crippen LogP contribution is 2.08. The minimum Gasteiger partial charge on any atom is -0.459 e. The summed E-state index contributed by atoms with van der Waals surface area (Å²) in [6.45, 7) is 10.1. The number of hydrogen-bond donors (Lipinski definition) is 2. The molecule has 0 heterocycles. The second-order valence-electron chi connectivity index (χ2n) is 8.17. The summed E-state index contributed by atoms with van der Waals surface area (Å²) in [6, 6.07) is 7.98. The van der Waals surface area contributed by atoms with Gasteiger partial charge in [-0.15, -0.1) is 0 Å². The number of carbonyl (C=O) groups is 3. The maximum absolute atomic E-state index is 12.4. The highest BCUT2D eigenvalue weighted by Gasteiger charge is 2.27. The number of benzene rings is 1. The summed E-state index contributed by atoms with van der Waals surface area (Å²) < 4.78 is 15.6. The topological polar surface area (TPSA) is 103 Å². The molecule has 2 amide bonds. The first-order valence-corrected chi connectivity index (χ1v) is 9.03. The Labute approximate surface area is 165 Å². The van der Waals surface area contributed by atoms with E-state index in [2.05, 4.69) is 10.6 Å². The molecule has 1 aromatic carbocycles. The number of nitrogens with one attached hydrogen (secondary N) is 2. The summed E-state index contributed by atoms with van der Waals surface area (Å²) in [6.07, 6.45) is -1.50. The Morgan fingerprint density at radius 3 is 1.96 bits per heavy atom. The van der Waals surface area contributed by atoms with Crippen LogP contribution in [0.5, 0.6) is 0 Å². The van der Waals surface area contributed by atoms with Crippen molar-refractivity contribution in [1.29, 1.82) is 0 Å². The molecule has 0 fully saturated rings. The van der Waals surface area contributed by atoms with E-state index in [1.807, 2.05) is 30.3 Å². The summed E-state index contributed by atoms with van der Waals surface area (Å²) >= 11 is 0. The molecule has 0 saturated carbocycles. The normalized spacial score (nSPS) is 12.5. The molecule has 1 atom stereocenters. The molecule has 0 aliphatic rings. The first kappa shape index (κ1) is 23.3. The van der Waals surface area contributed by atoms with Gasteiger partial charge in [-0.2, -0.15) is 0 Å². The van der Waals surface area contributed by atoms with Crippen molar-refractivity contribution in [3.05, 3.63) is 35.9 Å². The molecule has 1 aromatic rings. The van der Waals surface area contributed by atoms with Gasteiger partial charge in [0, 0.05) is 0 Å². The SMILES string of the molecule is CC(C)(C)OC(=O)NC[C@H](NC(=O)OC(C)(C)C)C(=O)OCc1ccccc1. The number of ether oxygens (including phenoxy) is 3. The van der Waals surface area contributed by atoms with Crippen molar-refractivity contribution in [2.24, 2.45) is 0 Å². The minimum absolute atomic E-state index is 0.0403. The molecule has 0 saturated heterocycles. The molecular formula is C20H30N2O6. The molecule has 0 spiro atoms. The summed E-state index contributed by atoms with van der Waals surface area (Å²) in [5.74, 6) is -0.703. The van der Waals surface area contributed by atoms with E-state index < -0.39 is 35.4 Å². The van der Waals surface area contributed by atoms with Crippen LogP contribution in [0.2, 0.25) is 0 Å². The first-order valence-electron chi connectivity index (χ1n) is 9.03. The fourth-order valence-electron chi connectivity index (χ4n) is 1.97. The van der Waals surface area contributed by atoms with Crippen molar-refractivity contribution in [1.82, 2.24) is 10.6 Å². The van der Waals surface area contributed by atoms with Gasteiger partial charge in [-0.05, 0) is 47.1 Å². The molecule has 0 radical (unpaired) electrons. The third kappa shape index (κ3) is 10.4. The van der Waals surface area contributed by atoms with Gasteiger partial charge in [0.25, 0.3) is 0 Å². The van der Waals surface area contributed by atoms with Crippen LogP contribution in [0, 0.1) is 0 Å². The van der Waals surface area contributed by atoms with Crippen LogP contribution in [-0.4, -0.2) is 41.9 Å². The Bertz CT molecular complexity index is 662. The first-order chi connectivity index (χ1) is 12.9. The molecule has 0 aliphatic heterocycles. The Kier molecular flexibility index (Phi) is 8.28. The van der Waals surface area contributed by atoms with Crippen molar-refractivity contribution < 1.29 is 28.6 Å². The van der Waals surface area contributed by atoms with Crippen LogP contribution in [0.15, 0.2) is 30.3 Å². The molecule has 156 valence electrons. The van der Waals surface area contributed by atoms with Gasteiger partial charge in [0.1, 0.15) is 23.9 Å². The van der Waals surface area contributed by atoms with E-state index >= 15 is 0 Å². The van der Waals surface area contributed by atoms with Crippen LogP contribution >= 0.6 is 0 Å². The van der Waals surface area contributed by atoms with Gasteiger partial charge in [-0.25, -0.2) is 14.4 Å². The molecule has 0 unspecified atom stereocenters. The minimum atomic E-state index is -1.13. The maximum Gasteiger partial charge on any atom is 0.408 e. The van der Waals surface area contributed by atoms with Gasteiger partial charge < -0.3 is 24.8 Å². The van der Waals surface area contributed by atoms with E-state index in [1.54, 1.807) is 41.5 Å². The molecule has 1 rings (SSSR count). The van der Waals surface area contributed by atoms with Crippen molar-refractivity contribution in [3.8, 4) is 0 Å². The lowest BCUT2D eigenvalue weighted by Crippen LogP contribution is -2.50. The Balaban J connectivity index is 2.71. The van der Waals surface area contributed by atoms with E-state index in [1.165, 1.54) is 0 Å². The zero-order valence-corrected chi connectivity index (χ0v) is 17.3. The highest BCUT2D eigenvalue weighted by molar-refractivity contribution is 5.82. The molecule has 0 aromatic heterocycles. The summed E-state index contributed by atoms with van der Waals surface area (Å²) in [7, 11) is 0. The third-order valence-electron chi connectivity index (χ3n) is 3.05. The van der Waals surface area contributed by atoms with Crippen LogP contribution in [0.25, 0.3) is 0 Å². The zero-order valence-electron chi connectivity index (χ0n) is 17.3. The number of carbonyl (C=O) groups excluding carboxylic acids is 3. The monoisotopic (exact) mass is 394 g/mol. The molecule has 2 N–H and O–H groups in total. The predicted molar refractivity (Wildman–Crippen MR) is 104 cm³/mol. The van der Waals surface area contributed by atoms with E-state index in [0.29, 0.717) is 0 Å². The molecular weight excluding hydrogens is 364 g/mol. The maximum atomic E-state index is 12.4. The fourth-order valence-corrected chi connectivity index (χ4v) is 1.97. The van der Waals surface area contributed by atoms with Gasteiger partial charge in [-0.3, -0.25) is 0 Å². The molecule has 0 bridgehead atoms. The second kappa shape index (κ2) is 9.96. The van der Waals surface area contributed by atoms with Gasteiger partial charge >= 0.3 is 18.2 Å². The number of hydrogen-bond acceptors (Lipinski definition) is 6. The molecule has 28 heavy (non-hydrogen) atoms. The zero-order chi connectivity index (χ0) is 21.4. The lowest BCUT2D eigenvalue weighted by Gasteiger charge is -2.24. The quantitative estimate of drug-likeness (QED) is 0.568. The number of esters is 1. The van der Waals surface area contributed by atoms with Crippen LogP contribution < -0.4 is 10.6 Å². The van der Waals surface area contributed by atoms with Crippen LogP contribution in [0.3, 0.4) is 0 Å². The van der Waals surface area contributed by atoms with E-state index in [-0.39, 0.29) is 13.2 Å². The highest BCUT2D eigenvalue weighted by atomic mass is 16.6. The Morgan fingerprint density at radius 2 is 1.43 bits per heavy atom. The van der Waals surface area contributed by atoms with Crippen molar-refractivity contribution >= 4 is 18.2 Å². The number of alkyl carbamates (subject to hydrolysis) is 2. The van der Waals surface area contributed by atoms with Crippen LogP contribution in [-0.2, 0) is 25.6 Å². The van der Waals surface area contributed by atoms with Crippen molar-refractivity contribution in [2.75, 3.05) is 6.54 Å². The standard InChI is InChI=1S/C20H30N2O6/c1-19(2,3)27-17(24)21-12-15(22-18(25)28-20(4,5)6)16(23)26-13-14-10-8-7-9-11-14/h7-11,15H,12-13H2,1-6H3,(H,21,24)(H,22,25)/t15-/m0/s1. The van der Waals surface area contributed by atoms with E-state index in [9.17, 15) is 14.4 Å². The van der Waals surface area contributed by atoms with E-state index in [4.69, 9.17) is 14.2 Å². The molecule has 0 aliphatic carbocycles. The van der Waals surface area contributed by atoms with Gasteiger partial charge in [-0.1, -0.05) is 30.3 Å². The second-order valence-corrected chi connectivity index (χ2v) is 8.17. The lowest BCUT2D eigenvalue weighted by atomic mass is 10.2. The van der Waals surface area contributed by atoms with Crippen molar-refractivity contribution in [2.45, 2.75) is 65.4 Å². The number of amides is 2. The Morgan fingerprint density at radius 1 is 0.893 bits per heavy atom. The number of rotatable bonds is 6. The summed E-state index contributed by atoms with van der Waals surface area (Å²) in [4.78, 5) is 36.3. The van der Waals surface area contributed by atoms with Crippen LogP contribution in [0.4, 0.5) is 9.59 Å². The summed E-state index contributed by atoms with van der Waals surface area (Å²) in [5.41, 5.74) is -0.625. The largest absolute Gasteiger partial charge is 0.459 e. The fraction of sp³-hybridized carbons (Fsp3) is 0.550. The van der Waals surface area contributed by atoms with Crippen molar-refractivity contribution in [3.63, 3.8) is 0 Å². The smallest absolute Gasteiger partial charge is 0.408 e. The van der Waals surface area contributed by atoms with E-state index in [0.717, 1.165) is 5.56 Å². The lowest BCUT2D eigenvalue weighted by molar-refractivity contribution is -0.147. The van der Waals surface area contributed by atoms with Gasteiger partial charge in [0.05, 0.1) is 6.54 Å². The van der Waals surface area contributed by atoms with Gasteiger partial charge in [0.2, 0.25) is 0 Å². The average molecular weight is 394 g/mol. The third-order valence-corrected chi connectivity index (χ3v) is 3.05. The molecule has 8 heteroatoms. The average Bonchev–Trinajstić information content (AvgIpc) is 2.54. The molecule has 8 nitrogen and oxygen atoms in total. The summed E-state index contributed by atoms with van der Waals surface area (Å²) in [5, 5.41) is 4.88. The Hall–Kier alpha value is -2.77.